The van der Waals surface area contributed by atoms with E-state index in [0.717, 1.165) is 0 Å². The molecule has 0 N–H and O–H groups in total. The monoisotopic (exact) mass is 304 g/mol. The van der Waals surface area contributed by atoms with Gasteiger partial charge in [0.25, 0.3) is 0 Å². The van der Waals surface area contributed by atoms with Crippen molar-refractivity contribution in [1.29, 1.82) is 0 Å². The molecular weight excluding hydrogens is 282 g/mol. The zero-order valence-electron chi connectivity index (χ0n) is 12.1. The number of fused-ring (bicyclic) bond motifs is 3. The number of para-hydroxylation sites is 1. The molecule has 106 valence electrons. The molecule has 0 radical (unpaired) electrons. The van der Waals surface area contributed by atoms with Crippen LogP contribution in [0.4, 0.5) is 0 Å². The smallest absolute Gasteiger partial charge is 0.137 e. The van der Waals surface area contributed by atoms with Crippen LogP contribution in [0, 0.1) is 0 Å². The molecule has 0 aliphatic rings. The molecule has 3 heteroatoms. The van der Waals surface area contributed by atoms with Gasteiger partial charge in [0.2, 0.25) is 5.52 Å². The van der Waals surface area contributed by atoms with Crippen LogP contribution in [0.1, 0.15) is 51.1 Å². The van der Waals surface area contributed by atoms with Crippen molar-refractivity contribution in [3.8, 4) is 0 Å². The van der Waals surface area contributed by atoms with Crippen LogP contribution in [0.25, 0.3) is 14.4 Å². The Bertz CT molecular complexity index is 680. The van der Waals surface area contributed by atoms with Crippen molar-refractivity contribution in [2.45, 2.75) is 51.9 Å². The van der Waals surface area contributed by atoms with E-state index in [9.17, 15) is 0 Å². The van der Waals surface area contributed by atoms with E-state index >= 15 is 0 Å². The summed E-state index contributed by atoms with van der Waals surface area (Å²) < 4.78 is 5.30. The van der Waals surface area contributed by atoms with E-state index in [1.807, 2.05) is 22.7 Å². The van der Waals surface area contributed by atoms with E-state index < -0.39 is 0 Å². The highest BCUT2D eigenvalue weighted by Gasteiger charge is 2.19. The first kappa shape index (κ1) is 14.0. The third-order valence-electron chi connectivity index (χ3n) is 3.86. The molecular formula is C17H22NS2+. The Balaban J connectivity index is 1.69. The van der Waals surface area contributed by atoms with Crippen molar-refractivity contribution >= 4 is 37.0 Å². The minimum atomic E-state index is 1.22. The van der Waals surface area contributed by atoms with Gasteiger partial charge in [0.1, 0.15) is 4.70 Å². The number of hydrogen-bond donors (Lipinski definition) is 0. The fourth-order valence-electron chi connectivity index (χ4n) is 2.74. The molecule has 2 heterocycles. The lowest BCUT2D eigenvalue weighted by Gasteiger charge is -1.97. The molecule has 0 amide bonds. The average molecular weight is 305 g/mol. The molecule has 0 bridgehead atoms. The van der Waals surface area contributed by atoms with Gasteiger partial charge in [0.15, 0.2) is 5.69 Å². The van der Waals surface area contributed by atoms with Gasteiger partial charge in [-0.1, -0.05) is 73.8 Å². The van der Waals surface area contributed by atoms with Crippen molar-refractivity contribution in [1.82, 2.24) is 0 Å². The molecule has 0 fully saturated rings. The van der Waals surface area contributed by atoms with E-state index in [4.69, 9.17) is 0 Å². The van der Waals surface area contributed by atoms with E-state index in [1.54, 1.807) is 0 Å². The summed E-state index contributed by atoms with van der Waals surface area (Å²) in [5, 5.41) is 2.35. The predicted molar refractivity (Wildman–Crippen MR) is 89.9 cm³/mol. The van der Waals surface area contributed by atoms with Crippen LogP contribution >= 0.6 is 22.7 Å². The van der Waals surface area contributed by atoms with Gasteiger partial charge in [-0.2, -0.15) is 0 Å². The first-order valence-corrected chi connectivity index (χ1v) is 9.39. The number of hydrogen-bond acceptors (Lipinski definition) is 2. The lowest BCUT2D eigenvalue weighted by molar-refractivity contribution is -0.483. The van der Waals surface area contributed by atoms with Gasteiger partial charge in [-0.05, 0) is 12.5 Å². The molecule has 20 heavy (non-hydrogen) atoms. The standard InChI is InChI=1S/C17H22NS2/c1-2-3-4-5-6-7-10-14-13-19-17-18(14)15-11-8-9-12-16(15)20-17/h8-9,11-13H,2-7,10H2,1H3/q+1. The Hall–Kier alpha value is -0.930. The van der Waals surface area contributed by atoms with Crippen LogP contribution in [-0.4, -0.2) is 0 Å². The number of thiazole rings is 2. The van der Waals surface area contributed by atoms with E-state index in [0.29, 0.717) is 0 Å². The van der Waals surface area contributed by atoms with Crippen LogP contribution in [-0.2, 0) is 6.42 Å². The maximum Gasteiger partial charge on any atom is 0.326 e. The Morgan fingerprint density at radius 3 is 2.70 bits per heavy atom. The van der Waals surface area contributed by atoms with Crippen LogP contribution < -0.4 is 4.40 Å². The molecule has 1 aromatic carbocycles. The summed E-state index contributed by atoms with van der Waals surface area (Å²) in [5.74, 6) is 0. The van der Waals surface area contributed by atoms with Crippen LogP contribution in [0.3, 0.4) is 0 Å². The van der Waals surface area contributed by atoms with Gasteiger partial charge in [-0.3, -0.25) is 0 Å². The van der Waals surface area contributed by atoms with Crippen molar-refractivity contribution in [3.05, 3.63) is 35.3 Å². The topological polar surface area (TPSA) is 4.10 Å². The summed E-state index contributed by atoms with van der Waals surface area (Å²) >= 11 is 3.81. The highest BCUT2D eigenvalue weighted by Crippen LogP contribution is 2.26. The predicted octanol–water partition coefficient (Wildman–Crippen LogP) is 5.60. The zero-order valence-corrected chi connectivity index (χ0v) is 13.7. The number of unbranched alkanes of at least 4 members (excludes halogenated alkanes) is 5. The maximum atomic E-state index is 2.47. The summed E-state index contributed by atoms with van der Waals surface area (Å²) in [4.78, 5) is 0. The minimum Gasteiger partial charge on any atom is -0.137 e. The van der Waals surface area contributed by atoms with Gasteiger partial charge in [-0.25, -0.2) is 0 Å². The molecule has 0 saturated carbocycles. The van der Waals surface area contributed by atoms with Crippen LogP contribution in [0.15, 0.2) is 29.6 Å². The van der Waals surface area contributed by atoms with Crippen molar-refractivity contribution in [2.24, 2.45) is 0 Å². The molecule has 2 aromatic heterocycles. The van der Waals surface area contributed by atoms with E-state index in [-0.39, 0.29) is 0 Å². The normalized spacial score (nSPS) is 11.7. The van der Waals surface area contributed by atoms with Gasteiger partial charge in [0.05, 0.1) is 5.38 Å². The Kier molecular flexibility index (Phi) is 4.69. The highest BCUT2D eigenvalue weighted by molar-refractivity contribution is 7.37. The first-order valence-electron chi connectivity index (χ1n) is 7.70. The molecule has 3 rings (SSSR count). The molecule has 0 spiro atoms. The zero-order chi connectivity index (χ0) is 13.8. The van der Waals surface area contributed by atoms with Gasteiger partial charge < -0.3 is 0 Å². The highest BCUT2D eigenvalue weighted by atomic mass is 32.2. The van der Waals surface area contributed by atoms with E-state index in [2.05, 4.69) is 41.0 Å². The average Bonchev–Trinajstić information content (AvgIpc) is 3.02. The van der Waals surface area contributed by atoms with Gasteiger partial charge in [0, 0.05) is 12.5 Å². The van der Waals surface area contributed by atoms with Crippen molar-refractivity contribution in [3.63, 3.8) is 0 Å². The number of aryl methyl sites for hydroxylation is 1. The fraction of sp³-hybridized carbons (Fsp3) is 0.471. The fourth-order valence-corrected chi connectivity index (χ4v) is 5.04. The third kappa shape index (κ3) is 2.89. The first-order chi connectivity index (χ1) is 9.90. The maximum absolute atomic E-state index is 2.47. The molecule has 0 saturated heterocycles. The number of nitrogens with zero attached hydrogens (tertiary/aromatic N) is 1. The second-order valence-corrected chi connectivity index (χ2v) is 7.56. The summed E-state index contributed by atoms with van der Waals surface area (Å²) in [5.41, 5.74) is 2.88. The SMILES string of the molecule is CCCCCCCCc1csc2sc3ccccc3[n+]12. The lowest BCUT2D eigenvalue weighted by Crippen LogP contribution is -2.21. The number of aromatic nitrogens is 1. The molecule has 0 aliphatic carbocycles. The van der Waals surface area contributed by atoms with Gasteiger partial charge in [-0.15, -0.1) is 4.40 Å². The number of rotatable bonds is 7. The summed E-state index contributed by atoms with van der Waals surface area (Å²) in [6.45, 7) is 2.28. The quantitative estimate of drug-likeness (QED) is 0.395. The third-order valence-corrected chi connectivity index (χ3v) is 6.09. The van der Waals surface area contributed by atoms with E-state index in [1.165, 1.54) is 65.0 Å². The molecule has 0 atom stereocenters. The minimum absolute atomic E-state index is 1.22. The van der Waals surface area contributed by atoms with Crippen molar-refractivity contribution < 1.29 is 4.40 Å². The largest absolute Gasteiger partial charge is 0.326 e. The Labute approximate surface area is 128 Å². The Morgan fingerprint density at radius 1 is 1.00 bits per heavy atom. The second-order valence-electron chi connectivity index (χ2n) is 5.42. The summed E-state index contributed by atoms with van der Waals surface area (Å²) in [6, 6.07) is 8.76. The Morgan fingerprint density at radius 2 is 1.80 bits per heavy atom. The van der Waals surface area contributed by atoms with Crippen LogP contribution in [0.5, 0.6) is 0 Å². The lowest BCUT2D eigenvalue weighted by atomic mass is 10.1. The number of benzene rings is 1. The van der Waals surface area contributed by atoms with Gasteiger partial charge >= 0.3 is 4.14 Å². The molecule has 0 aliphatic heterocycles. The van der Waals surface area contributed by atoms with Crippen molar-refractivity contribution in [2.75, 3.05) is 0 Å². The molecule has 1 nitrogen and oxygen atoms in total. The summed E-state index contributed by atoms with van der Waals surface area (Å²) in [7, 11) is 0. The summed E-state index contributed by atoms with van der Waals surface area (Å²) in [6.07, 6.45) is 9.46. The second kappa shape index (κ2) is 6.68. The molecule has 0 unspecified atom stereocenters. The van der Waals surface area contributed by atoms with Crippen LogP contribution in [0.2, 0.25) is 0 Å². The molecule has 3 aromatic rings.